The van der Waals surface area contributed by atoms with Crippen LogP contribution in [-0.4, -0.2) is 22.3 Å². The first-order valence-electron chi connectivity index (χ1n) is 9.59. The van der Waals surface area contributed by atoms with Crippen molar-refractivity contribution in [2.75, 3.05) is 0 Å². The summed E-state index contributed by atoms with van der Waals surface area (Å²) in [6.07, 6.45) is 18.1. The number of carboxylic acid groups (broad SMARTS) is 1. The van der Waals surface area contributed by atoms with Gasteiger partial charge in [0.1, 0.15) is 0 Å². The Morgan fingerprint density at radius 2 is 1.35 bits per heavy atom. The van der Waals surface area contributed by atoms with Crippen LogP contribution in [0.4, 0.5) is 0 Å². The van der Waals surface area contributed by atoms with E-state index in [4.69, 9.17) is 5.11 Å². The first-order valence-corrected chi connectivity index (χ1v) is 9.59. The van der Waals surface area contributed by atoms with Crippen LogP contribution in [0.1, 0.15) is 97.3 Å². The predicted molar refractivity (Wildman–Crippen MR) is 97.6 cm³/mol. The molecule has 0 aromatic carbocycles. The summed E-state index contributed by atoms with van der Waals surface area (Å²) >= 11 is 0. The standard InChI is InChI=1S/C20H38O3/c1-18(2)17-19(21)15-13-11-9-7-5-3-4-6-8-10-12-14-16-20(22)23/h13,15,18-19,21H,3-12,14,16-17H2,1-2H3,(H,22,23)/b15-13-. The molecule has 0 aliphatic heterocycles. The first-order chi connectivity index (χ1) is 11.0. The van der Waals surface area contributed by atoms with Gasteiger partial charge in [-0.05, 0) is 31.6 Å². The molecule has 1 unspecified atom stereocenters. The van der Waals surface area contributed by atoms with Gasteiger partial charge in [0.2, 0.25) is 0 Å². The first kappa shape index (κ1) is 22.2. The Hall–Kier alpha value is -0.830. The zero-order chi connectivity index (χ0) is 17.3. The molecule has 0 saturated carbocycles. The summed E-state index contributed by atoms with van der Waals surface area (Å²) in [5.74, 6) is -0.124. The third kappa shape index (κ3) is 19.1. The number of aliphatic carboxylic acids is 1. The molecule has 0 fully saturated rings. The number of carbonyl (C=O) groups is 1. The highest BCUT2D eigenvalue weighted by Gasteiger charge is 2.01. The van der Waals surface area contributed by atoms with Crippen molar-refractivity contribution in [2.24, 2.45) is 5.92 Å². The Bertz CT molecular complexity index is 297. The summed E-state index contributed by atoms with van der Waals surface area (Å²) in [6.45, 7) is 4.26. The number of hydrogen-bond donors (Lipinski definition) is 2. The van der Waals surface area contributed by atoms with Crippen molar-refractivity contribution in [3.63, 3.8) is 0 Å². The number of aliphatic hydroxyl groups is 1. The largest absolute Gasteiger partial charge is 0.481 e. The van der Waals surface area contributed by atoms with E-state index in [1.165, 1.54) is 51.4 Å². The number of aliphatic hydroxyl groups excluding tert-OH is 1. The number of hydrogen-bond acceptors (Lipinski definition) is 2. The fraction of sp³-hybridized carbons (Fsp3) is 0.850. The topological polar surface area (TPSA) is 57.5 Å². The lowest BCUT2D eigenvalue weighted by Crippen LogP contribution is -2.05. The van der Waals surface area contributed by atoms with Crippen LogP contribution in [0.2, 0.25) is 0 Å². The van der Waals surface area contributed by atoms with Crippen molar-refractivity contribution in [3.8, 4) is 0 Å². The molecule has 0 aromatic heterocycles. The van der Waals surface area contributed by atoms with Crippen LogP contribution in [0.15, 0.2) is 12.2 Å². The Balaban J connectivity index is 3.19. The molecule has 0 aromatic rings. The minimum atomic E-state index is -0.672. The van der Waals surface area contributed by atoms with E-state index in [2.05, 4.69) is 19.9 Å². The number of allylic oxidation sites excluding steroid dienone is 1. The van der Waals surface area contributed by atoms with Crippen LogP contribution in [0, 0.1) is 5.92 Å². The van der Waals surface area contributed by atoms with E-state index in [1.54, 1.807) is 0 Å². The molecule has 0 aliphatic rings. The lowest BCUT2D eigenvalue weighted by Gasteiger charge is -2.07. The predicted octanol–water partition coefficient (Wildman–Crippen LogP) is 5.72. The molecule has 0 amide bonds. The SMILES string of the molecule is CC(C)CC(O)/C=C\CCCCCCCCCCCCC(=O)O. The van der Waals surface area contributed by atoms with E-state index in [-0.39, 0.29) is 6.10 Å². The van der Waals surface area contributed by atoms with Gasteiger partial charge in [0.25, 0.3) is 0 Å². The molecule has 0 aliphatic carbocycles. The Labute approximate surface area is 143 Å². The summed E-state index contributed by atoms with van der Waals surface area (Å²) in [5, 5.41) is 18.2. The maximum absolute atomic E-state index is 10.4. The van der Waals surface area contributed by atoms with Gasteiger partial charge in [0.15, 0.2) is 0 Å². The highest BCUT2D eigenvalue weighted by molar-refractivity contribution is 5.66. The van der Waals surface area contributed by atoms with Crippen molar-refractivity contribution >= 4 is 5.97 Å². The molecule has 0 spiro atoms. The molecule has 1 atom stereocenters. The van der Waals surface area contributed by atoms with E-state index in [0.717, 1.165) is 25.7 Å². The number of carboxylic acids is 1. The fourth-order valence-electron chi connectivity index (χ4n) is 2.77. The molecule has 23 heavy (non-hydrogen) atoms. The molecule has 0 heterocycles. The van der Waals surface area contributed by atoms with Crippen LogP contribution in [0.3, 0.4) is 0 Å². The Morgan fingerprint density at radius 3 is 1.83 bits per heavy atom. The van der Waals surface area contributed by atoms with Crippen LogP contribution >= 0.6 is 0 Å². The molecule has 3 nitrogen and oxygen atoms in total. The zero-order valence-corrected chi connectivity index (χ0v) is 15.3. The Morgan fingerprint density at radius 1 is 0.870 bits per heavy atom. The molecular formula is C20H38O3. The average molecular weight is 327 g/mol. The normalized spacial score (nSPS) is 13.0. The third-order valence-electron chi connectivity index (χ3n) is 4.08. The second-order valence-electron chi connectivity index (χ2n) is 7.09. The van der Waals surface area contributed by atoms with Gasteiger partial charge in [-0.2, -0.15) is 0 Å². The van der Waals surface area contributed by atoms with Gasteiger partial charge in [-0.1, -0.05) is 77.4 Å². The second kappa shape index (κ2) is 16.0. The summed E-state index contributed by atoms with van der Waals surface area (Å²) in [4.78, 5) is 10.4. The van der Waals surface area contributed by atoms with Gasteiger partial charge in [0, 0.05) is 6.42 Å². The van der Waals surface area contributed by atoms with Crippen molar-refractivity contribution in [1.82, 2.24) is 0 Å². The van der Waals surface area contributed by atoms with Gasteiger partial charge in [-0.15, -0.1) is 0 Å². The fourth-order valence-corrected chi connectivity index (χ4v) is 2.77. The number of unbranched alkanes of at least 4 members (excludes halogenated alkanes) is 10. The van der Waals surface area contributed by atoms with Gasteiger partial charge in [-0.3, -0.25) is 4.79 Å². The molecular weight excluding hydrogens is 288 g/mol. The van der Waals surface area contributed by atoms with Crippen LogP contribution in [0.25, 0.3) is 0 Å². The highest BCUT2D eigenvalue weighted by atomic mass is 16.4. The van der Waals surface area contributed by atoms with Crippen molar-refractivity contribution in [1.29, 1.82) is 0 Å². The molecule has 0 rings (SSSR count). The summed E-state index contributed by atoms with van der Waals surface area (Å²) in [6, 6.07) is 0. The molecule has 0 bridgehead atoms. The lowest BCUT2D eigenvalue weighted by atomic mass is 10.0. The van der Waals surface area contributed by atoms with Gasteiger partial charge in [-0.25, -0.2) is 0 Å². The highest BCUT2D eigenvalue weighted by Crippen LogP contribution is 2.12. The molecule has 0 saturated heterocycles. The van der Waals surface area contributed by atoms with Crippen molar-refractivity contribution in [3.05, 3.63) is 12.2 Å². The minimum absolute atomic E-state index is 0.273. The van der Waals surface area contributed by atoms with Gasteiger partial charge >= 0.3 is 5.97 Å². The third-order valence-corrected chi connectivity index (χ3v) is 4.08. The summed E-state index contributed by atoms with van der Waals surface area (Å²) < 4.78 is 0. The maximum atomic E-state index is 10.4. The molecule has 0 radical (unpaired) electrons. The summed E-state index contributed by atoms with van der Waals surface area (Å²) in [7, 11) is 0. The van der Waals surface area contributed by atoms with Gasteiger partial charge < -0.3 is 10.2 Å². The maximum Gasteiger partial charge on any atom is 0.303 e. The lowest BCUT2D eigenvalue weighted by molar-refractivity contribution is -0.137. The summed E-state index contributed by atoms with van der Waals surface area (Å²) in [5.41, 5.74) is 0. The van der Waals surface area contributed by atoms with Crippen molar-refractivity contribution < 1.29 is 15.0 Å². The van der Waals surface area contributed by atoms with Crippen LogP contribution in [-0.2, 0) is 4.79 Å². The Kier molecular flexibility index (Phi) is 15.5. The molecule has 2 N–H and O–H groups in total. The zero-order valence-electron chi connectivity index (χ0n) is 15.3. The van der Waals surface area contributed by atoms with Crippen LogP contribution in [0.5, 0.6) is 0 Å². The van der Waals surface area contributed by atoms with E-state index >= 15 is 0 Å². The minimum Gasteiger partial charge on any atom is -0.481 e. The van der Waals surface area contributed by atoms with Gasteiger partial charge in [0.05, 0.1) is 6.10 Å². The van der Waals surface area contributed by atoms with Crippen molar-refractivity contribution in [2.45, 2.75) is 103 Å². The molecule has 3 heteroatoms. The van der Waals surface area contributed by atoms with E-state index in [9.17, 15) is 9.90 Å². The molecule has 136 valence electrons. The van der Waals surface area contributed by atoms with Crippen LogP contribution < -0.4 is 0 Å². The number of rotatable bonds is 16. The quantitative estimate of drug-likeness (QED) is 0.282. The second-order valence-corrected chi connectivity index (χ2v) is 7.09. The smallest absolute Gasteiger partial charge is 0.303 e. The monoisotopic (exact) mass is 326 g/mol. The van der Waals surface area contributed by atoms with E-state index in [0.29, 0.717) is 12.3 Å². The van der Waals surface area contributed by atoms with E-state index < -0.39 is 5.97 Å². The average Bonchev–Trinajstić information content (AvgIpc) is 2.46. The van der Waals surface area contributed by atoms with E-state index in [1.807, 2.05) is 6.08 Å².